The van der Waals surface area contributed by atoms with Crippen molar-refractivity contribution in [1.29, 1.82) is 0 Å². The lowest BCUT2D eigenvalue weighted by molar-refractivity contribution is 0.0955. The van der Waals surface area contributed by atoms with Crippen LogP contribution >= 0.6 is 23.2 Å². The Balaban J connectivity index is 1.22. The number of hydrazone groups is 1. The molecule has 5 aromatic rings. The van der Waals surface area contributed by atoms with Crippen molar-refractivity contribution in [3.8, 4) is 5.75 Å². The molecule has 228 valence electrons. The maximum Gasteiger partial charge on any atom is 0.271 e. The number of nitrogens with one attached hydrogen (secondary N) is 1. The quantitative estimate of drug-likeness (QED) is 0.115. The predicted molar refractivity (Wildman–Crippen MR) is 180 cm³/mol. The number of hydrogen-bond acceptors (Lipinski definition) is 5. The number of anilines is 1. The smallest absolute Gasteiger partial charge is 0.271 e. The highest BCUT2D eigenvalue weighted by Crippen LogP contribution is 2.31. The number of aryl methyl sites for hydroxylation is 1. The highest BCUT2D eigenvalue weighted by atomic mass is 35.5. The number of nitrogens with zero attached hydrogens (tertiary/aromatic N) is 2. The van der Waals surface area contributed by atoms with Crippen molar-refractivity contribution in [2.75, 3.05) is 4.31 Å². The van der Waals surface area contributed by atoms with Crippen molar-refractivity contribution in [2.24, 2.45) is 5.10 Å². The highest BCUT2D eigenvalue weighted by Gasteiger charge is 2.26. The van der Waals surface area contributed by atoms with E-state index in [0.29, 0.717) is 39.2 Å². The highest BCUT2D eigenvalue weighted by molar-refractivity contribution is 7.92. The summed E-state index contributed by atoms with van der Waals surface area (Å²) in [5.74, 6) is 0.288. The average molecular weight is 659 g/mol. The number of carbonyl (C=O) groups excluding carboxylic acids is 1. The molecule has 0 saturated heterocycles. The maximum atomic E-state index is 13.7. The van der Waals surface area contributed by atoms with Gasteiger partial charge in [-0.2, -0.15) is 5.10 Å². The molecule has 0 atom stereocenters. The minimum absolute atomic E-state index is 0.0390. The summed E-state index contributed by atoms with van der Waals surface area (Å²) >= 11 is 12.3. The molecule has 5 aromatic carbocycles. The minimum Gasteiger partial charge on any atom is -0.489 e. The Hall–Kier alpha value is -4.63. The molecule has 0 saturated carbocycles. The number of sulfonamides is 1. The van der Waals surface area contributed by atoms with E-state index in [2.05, 4.69) is 10.5 Å². The number of halogens is 2. The third-order valence-electron chi connectivity index (χ3n) is 6.87. The van der Waals surface area contributed by atoms with Crippen LogP contribution < -0.4 is 14.5 Å². The van der Waals surface area contributed by atoms with Crippen LogP contribution in [0.4, 0.5) is 5.69 Å². The van der Waals surface area contributed by atoms with Crippen LogP contribution in [0.3, 0.4) is 0 Å². The van der Waals surface area contributed by atoms with E-state index in [1.807, 2.05) is 55.5 Å². The first-order chi connectivity index (χ1) is 21.7. The van der Waals surface area contributed by atoms with E-state index in [4.69, 9.17) is 27.9 Å². The van der Waals surface area contributed by atoms with Crippen LogP contribution in [0.5, 0.6) is 5.75 Å². The second-order valence-corrected chi connectivity index (χ2v) is 12.9. The molecule has 0 heterocycles. The average Bonchev–Trinajstić information content (AvgIpc) is 3.05. The lowest BCUT2D eigenvalue weighted by atomic mass is 10.1. The first-order valence-electron chi connectivity index (χ1n) is 13.9. The molecule has 0 aromatic heterocycles. The molecule has 45 heavy (non-hydrogen) atoms. The number of benzene rings is 5. The second kappa shape index (κ2) is 14.4. The molecule has 0 radical (unpaired) electrons. The number of hydrogen-bond donors (Lipinski definition) is 1. The largest absolute Gasteiger partial charge is 0.489 e. The van der Waals surface area contributed by atoms with E-state index >= 15 is 0 Å². The number of rotatable bonds is 11. The van der Waals surface area contributed by atoms with E-state index in [-0.39, 0.29) is 11.4 Å². The van der Waals surface area contributed by atoms with Crippen molar-refractivity contribution < 1.29 is 17.9 Å². The van der Waals surface area contributed by atoms with Gasteiger partial charge in [-0.15, -0.1) is 0 Å². The van der Waals surface area contributed by atoms with Crippen LogP contribution in [0.15, 0.2) is 131 Å². The molecule has 0 aliphatic carbocycles. The number of ether oxygens (including phenoxy) is 1. The molecule has 0 fully saturated rings. The van der Waals surface area contributed by atoms with Gasteiger partial charge in [0.15, 0.2) is 0 Å². The Morgan fingerprint density at radius 3 is 2.24 bits per heavy atom. The van der Waals surface area contributed by atoms with Gasteiger partial charge in [-0.3, -0.25) is 9.10 Å². The molecule has 1 N–H and O–H groups in total. The molecule has 0 unspecified atom stereocenters. The first-order valence-corrected chi connectivity index (χ1v) is 16.1. The summed E-state index contributed by atoms with van der Waals surface area (Å²) in [6.45, 7) is 2.26. The van der Waals surface area contributed by atoms with Crippen LogP contribution in [-0.4, -0.2) is 20.5 Å². The van der Waals surface area contributed by atoms with Crippen molar-refractivity contribution in [1.82, 2.24) is 5.43 Å². The molecular weight excluding hydrogens is 629 g/mol. The zero-order valence-electron chi connectivity index (χ0n) is 24.2. The molecule has 0 aliphatic rings. The third kappa shape index (κ3) is 8.30. The predicted octanol–water partition coefficient (Wildman–Crippen LogP) is 8.04. The number of amides is 1. The van der Waals surface area contributed by atoms with Gasteiger partial charge in [-0.25, -0.2) is 13.8 Å². The van der Waals surface area contributed by atoms with Gasteiger partial charge >= 0.3 is 0 Å². The zero-order chi connectivity index (χ0) is 31.8. The van der Waals surface area contributed by atoms with Gasteiger partial charge in [0.1, 0.15) is 12.4 Å². The van der Waals surface area contributed by atoms with Gasteiger partial charge in [-0.05, 0) is 102 Å². The SMILES string of the molecule is Cc1ccc(Cl)cc1N(Cc1ccc(C(=O)N/N=C\c2ccc(OCc3cccc(Cl)c3)cc2)cc1)S(=O)(=O)c1ccccc1. The molecule has 5 rings (SSSR count). The Bertz CT molecular complexity index is 1920. The molecular formula is C35H29Cl2N3O4S. The first kappa shape index (κ1) is 31.8. The summed E-state index contributed by atoms with van der Waals surface area (Å²) in [6.07, 6.45) is 1.53. The fourth-order valence-electron chi connectivity index (χ4n) is 4.47. The van der Waals surface area contributed by atoms with Crippen molar-refractivity contribution >= 4 is 51.0 Å². The van der Waals surface area contributed by atoms with E-state index in [1.54, 1.807) is 72.8 Å². The zero-order valence-corrected chi connectivity index (χ0v) is 26.6. The Labute approximate surface area is 272 Å². The monoisotopic (exact) mass is 657 g/mol. The fourth-order valence-corrected chi connectivity index (χ4v) is 6.38. The van der Waals surface area contributed by atoms with Crippen LogP contribution in [-0.2, 0) is 23.2 Å². The van der Waals surface area contributed by atoms with Gasteiger partial charge < -0.3 is 4.74 Å². The van der Waals surface area contributed by atoms with E-state index in [9.17, 15) is 13.2 Å². The fraction of sp³-hybridized carbons (Fsp3) is 0.0857. The van der Waals surface area contributed by atoms with E-state index in [1.165, 1.54) is 10.5 Å². The van der Waals surface area contributed by atoms with Crippen LogP contribution in [0.25, 0.3) is 0 Å². The van der Waals surface area contributed by atoms with Gasteiger partial charge in [0.2, 0.25) is 0 Å². The second-order valence-electron chi connectivity index (χ2n) is 10.1. The molecule has 10 heteroatoms. The standard InChI is InChI=1S/C35H29Cl2N3O4S/c1-25-10-17-31(37)21-34(25)40(45(42,43)33-8-3-2-4-9-33)23-27-11-15-29(16-12-27)35(41)39-38-22-26-13-18-32(19-14-26)44-24-28-6-5-7-30(36)20-28/h2-22H,23-24H2,1H3,(H,39,41)/b38-22-. The molecule has 0 spiro atoms. The van der Waals surface area contributed by atoms with Crippen molar-refractivity contribution in [3.05, 3.63) is 159 Å². The normalized spacial score (nSPS) is 11.4. The molecule has 0 bridgehead atoms. The van der Waals surface area contributed by atoms with Gasteiger partial charge in [0.25, 0.3) is 15.9 Å². The molecule has 0 aliphatic heterocycles. The summed E-state index contributed by atoms with van der Waals surface area (Å²) in [5, 5.41) is 5.15. The molecule has 7 nitrogen and oxygen atoms in total. The maximum absolute atomic E-state index is 13.7. The van der Waals surface area contributed by atoms with E-state index < -0.39 is 15.9 Å². The molecule has 1 amide bonds. The topological polar surface area (TPSA) is 88.1 Å². The van der Waals surface area contributed by atoms with Gasteiger partial charge in [-0.1, -0.05) is 71.7 Å². The van der Waals surface area contributed by atoms with Gasteiger partial charge in [0.05, 0.1) is 23.3 Å². The van der Waals surface area contributed by atoms with E-state index in [0.717, 1.165) is 16.7 Å². The number of carbonyl (C=O) groups is 1. The third-order valence-corrected chi connectivity index (χ3v) is 9.11. The summed E-state index contributed by atoms with van der Waals surface area (Å²) in [5.41, 5.74) is 6.56. The van der Waals surface area contributed by atoms with Crippen molar-refractivity contribution in [3.63, 3.8) is 0 Å². The van der Waals surface area contributed by atoms with Crippen molar-refractivity contribution in [2.45, 2.75) is 25.0 Å². The van der Waals surface area contributed by atoms with Crippen LogP contribution in [0.1, 0.15) is 32.6 Å². The minimum atomic E-state index is -3.91. The van der Waals surface area contributed by atoms with Crippen LogP contribution in [0.2, 0.25) is 10.0 Å². The van der Waals surface area contributed by atoms with Gasteiger partial charge in [0, 0.05) is 15.6 Å². The summed E-state index contributed by atoms with van der Waals surface area (Å²) < 4.78 is 34.6. The Kier molecular flexibility index (Phi) is 10.2. The lowest BCUT2D eigenvalue weighted by Crippen LogP contribution is -2.31. The van der Waals surface area contributed by atoms with Crippen LogP contribution in [0, 0.1) is 6.92 Å². The summed E-state index contributed by atoms with van der Waals surface area (Å²) in [4.78, 5) is 12.9. The Morgan fingerprint density at radius 2 is 1.53 bits per heavy atom. The summed E-state index contributed by atoms with van der Waals surface area (Å²) in [7, 11) is -3.91. The Morgan fingerprint density at radius 1 is 0.822 bits per heavy atom. The summed E-state index contributed by atoms with van der Waals surface area (Å²) in [6, 6.07) is 34.8. The lowest BCUT2D eigenvalue weighted by Gasteiger charge is -2.26.